The Hall–Kier alpha value is -3.87. The molecular formula is C25H27N3O4. The maximum atomic E-state index is 12.7. The lowest BCUT2D eigenvalue weighted by Gasteiger charge is -2.11. The highest BCUT2D eigenvalue weighted by Crippen LogP contribution is 2.21. The Labute approximate surface area is 187 Å². The Morgan fingerprint density at radius 1 is 1.06 bits per heavy atom. The summed E-state index contributed by atoms with van der Waals surface area (Å²) < 4.78 is 12.7. The molecule has 0 bridgehead atoms. The van der Waals surface area contributed by atoms with Gasteiger partial charge in [0.05, 0.1) is 6.61 Å². The second kappa shape index (κ2) is 11.5. The number of hydrogen-bond donors (Lipinski definition) is 1. The molecule has 32 heavy (non-hydrogen) atoms. The lowest BCUT2D eigenvalue weighted by Crippen LogP contribution is -2.28. The fraction of sp³-hybridized carbons (Fsp3) is 0.240. The van der Waals surface area contributed by atoms with Gasteiger partial charge in [-0.1, -0.05) is 42.5 Å². The molecule has 0 fully saturated rings. The number of ether oxygens (including phenoxy) is 2. The van der Waals surface area contributed by atoms with E-state index in [1.165, 1.54) is 0 Å². The van der Waals surface area contributed by atoms with Gasteiger partial charge < -0.3 is 19.4 Å². The number of likely N-dealkylation sites (N-methyl/N-ethyl adjacent to an activating group) is 1. The number of imidazole rings is 1. The van der Waals surface area contributed by atoms with E-state index in [0.717, 1.165) is 11.1 Å². The largest absolute Gasteiger partial charge is 0.484 e. The zero-order valence-corrected chi connectivity index (χ0v) is 18.3. The minimum Gasteiger partial charge on any atom is -0.484 e. The monoisotopic (exact) mass is 433 g/mol. The van der Waals surface area contributed by atoms with Gasteiger partial charge in [-0.15, -0.1) is 0 Å². The van der Waals surface area contributed by atoms with Gasteiger partial charge in [0, 0.05) is 25.5 Å². The first-order chi connectivity index (χ1) is 15.6. The van der Waals surface area contributed by atoms with Crippen LogP contribution in [-0.4, -0.2) is 41.2 Å². The van der Waals surface area contributed by atoms with Crippen LogP contribution in [0.25, 0.3) is 11.6 Å². The van der Waals surface area contributed by atoms with Gasteiger partial charge in [0.2, 0.25) is 0 Å². The highest BCUT2D eigenvalue weighted by molar-refractivity contribution is 6.20. The first kappa shape index (κ1) is 22.8. The predicted molar refractivity (Wildman–Crippen MR) is 123 cm³/mol. The molecule has 3 aromatic rings. The van der Waals surface area contributed by atoms with E-state index in [4.69, 9.17) is 9.47 Å². The van der Waals surface area contributed by atoms with Crippen molar-refractivity contribution in [3.63, 3.8) is 0 Å². The maximum Gasteiger partial charge on any atom is 0.341 e. The van der Waals surface area contributed by atoms with Crippen LogP contribution in [0.1, 0.15) is 30.8 Å². The topological polar surface area (TPSA) is 82.4 Å². The summed E-state index contributed by atoms with van der Waals surface area (Å²) in [6.45, 7) is 4.98. The van der Waals surface area contributed by atoms with Gasteiger partial charge in [0.15, 0.2) is 6.61 Å². The molecule has 7 nitrogen and oxygen atoms in total. The summed E-state index contributed by atoms with van der Waals surface area (Å²) in [6.07, 6.45) is 5.26. The highest BCUT2D eigenvalue weighted by atomic mass is 16.5. The Morgan fingerprint density at radius 2 is 1.81 bits per heavy atom. The molecule has 0 atom stereocenters. The minimum absolute atomic E-state index is 0.0476. The van der Waals surface area contributed by atoms with E-state index in [2.05, 4.69) is 10.3 Å². The maximum absolute atomic E-state index is 12.7. The van der Waals surface area contributed by atoms with Gasteiger partial charge in [0.25, 0.3) is 5.91 Å². The zero-order chi connectivity index (χ0) is 22.8. The first-order valence-electron chi connectivity index (χ1n) is 10.5. The summed E-state index contributed by atoms with van der Waals surface area (Å²) in [4.78, 5) is 28.7. The van der Waals surface area contributed by atoms with Crippen LogP contribution in [0.5, 0.6) is 5.75 Å². The molecule has 1 heterocycles. The van der Waals surface area contributed by atoms with Crippen LogP contribution < -0.4 is 10.1 Å². The van der Waals surface area contributed by atoms with E-state index in [1.807, 2.05) is 60.2 Å². The number of nitrogens with zero attached hydrogens (tertiary/aromatic N) is 2. The molecule has 1 aromatic heterocycles. The molecule has 1 N–H and O–H groups in total. The number of nitrogens with one attached hydrogen (secondary N) is 1. The molecule has 0 unspecified atom stereocenters. The molecule has 0 radical (unpaired) electrons. The van der Waals surface area contributed by atoms with Crippen molar-refractivity contribution >= 4 is 23.5 Å². The lowest BCUT2D eigenvalue weighted by atomic mass is 10.1. The molecule has 0 saturated carbocycles. The fourth-order valence-corrected chi connectivity index (χ4v) is 3.11. The Morgan fingerprint density at radius 3 is 2.50 bits per heavy atom. The molecule has 2 aromatic carbocycles. The van der Waals surface area contributed by atoms with Crippen molar-refractivity contribution in [2.24, 2.45) is 0 Å². The summed E-state index contributed by atoms with van der Waals surface area (Å²) in [5, 5.41) is 2.68. The summed E-state index contributed by atoms with van der Waals surface area (Å²) in [5.74, 6) is 0.483. The minimum atomic E-state index is -0.440. The molecule has 7 heteroatoms. The van der Waals surface area contributed by atoms with Crippen LogP contribution in [-0.2, 0) is 20.9 Å². The van der Waals surface area contributed by atoms with E-state index >= 15 is 0 Å². The number of esters is 1. The van der Waals surface area contributed by atoms with Crippen LogP contribution in [0.3, 0.4) is 0 Å². The fourth-order valence-electron chi connectivity index (χ4n) is 3.11. The smallest absolute Gasteiger partial charge is 0.341 e. The standard InChI is InChI=1S/C25H27N3O4/c1-3-26-23(29)18-32-21-12-10-19(11-13-21)16-22(25(30)31-4-2)24-27-14-15-28(24)17-20-8-6-5-7-9-20/h5-16H,3-4,17-18H2,1-2H3,(H,26,29)/b22-16+. The number of benzene rings is 2. The van der Waals surface area contributed by atoms with Crippen molar-refractivity contribution in [2.75, 3.05) is 19.8 Å². The number of hydrogen-bond acceptors (Lipinski definition) is 5. The first-order valence-corrected chi connectivity index (χ1v) is 10.5. The SMILES string of the molecule is CCNC(=O)COc1ccc(/C=C(/C(=O)OCC)c2nccn2Cc2ccccc2)cc1. The van der Waals surface area contributed by atoms with Crippen LogP contribution in [0.4, 0.5) is 0 Å². The van der Waals surface area contributed by atoms with Gasteiger partial charge in [-0.25, -0.2) is 9.78 Å². The van der Waals surface area contributed by atoms with Crippen molar-refractivity contribution < 1.29 is 19.1 Å². The third kappa shape index (κ3) is 6.31. The van der Waals surface area contributed by atoms with Crippen molar-refractivity contribution in [3.05, 3.63) is 83.9 Å². The van der Waals surface area contributed by atoms with Crippen LogP contribution in [0.2, 0.25) is 0 Å². The summed E-state index contributed by atoms with van der Waals surface area (Å²) in [6, 6.07) is 17.1. The van der Waals surface area contributed by atoms with E-state index in [9.17, 15) is 9.59 Å². The predicted octanol–water partition coefficient (Wildman–Crippen LogP) is 3.55. The van der Waals surface area contributed by atoms with E-state index in [0.29, 0.717) is 30.2 Å². The Bertz CT molecular complexity index is 1060. The van der Waals surface area contributed by atoms with Gasteiger partial charge in [-0.2, -0.15) is 0 Å². The molecule has 1 amide bonds. The van der Waals surface area contributed by atoms with Gasteiger partial charge in [-0.3, -0.25) is 4.79 Å². The quantitative estimate of drug-likeness (QED) is 0.391. The van der Waals surface area contributed by atoms with Crippen LogP contribution >= 0.6 is 0 Å². The number of carbonyl (C=O) groups excluding carboxylic acids is 2. The van der Waals surface area contributed by atoms with Crippen molar-refractivity contribution in [1.82, 2.24) is 14.9 Å². The molecule has 0 aliphatic rings. The zero-order valence-electron chi connectivity index (χ0n) is 18.3. The second-order valence-corrected chi connectivity index (χ2v) is 6.95. The Balaban J connectivity index is 1.83. The number of amides is 1. The van der Waals surface area contributed by atoms with Crippen molar-refractivity contribution in [1.29, 1.82) is 0 Å². The van der Waals surface area contributed by atoms with E-state index < -0.39 is 5.97 Å². The average Bonchev–Trinajstić information content (AvgIpc) is 3.25. The van der Waals surface area contributed by atoms with Gasteiger partial charge >= 0.3 is 5.97 Å². The second-order valence-electron chi connectivity index (χ2n) is 6.95. The normalized spacial score (nSPS) is 11.1. The Kier molecular flexibility index (Phi) is 8.20. The average molecular weight is 434 g/mol. The number of aromatic nitrogens is 2. The third-order valence-electron chi connectivity index (χ3n) is 4.58. The van der Waals surface area contributed by atoms with Gasteiger partial charge in [0.1, 0.15) is 17.1 Å². The van der Waals surface area contributed by atoms with Crippen molar-refractivity contribution in [2.45, 2.75) is 20.4 Å². The molecule has 0 aliphatic carbocycles. The molecule has 0 spiro atoms. The van der Waals surface area contributed by atoms with Crippen LogP contribution in [0.15, 0.2) is 67.0 Å². The molecule has 0 saturated heterocycles. The third-order valence-corrected chi connectivity index (χ3v) is 4.58. The van der Waals surface area contributed by atoms with Crippen molar-refractivity contribution in [3.8, 4) is 5.75 Å². The van der Waals surface area contributed by atoms with E-state index in [-0.39, 0.29) is 19.1 Å². The molecule has 166 valence electrons. The number of carbonyl (C=O) groups is 2. The highest BCUT2D eigenvalue weighted by Gasteiger charge is 2.19. The lowest BCUT2D eigenvalue weighted by molar-refractivity contribution is -0.136. The van der Waals surface area contributed by atoms with Gasteiger partial charge in [-0.05, 0) is 43.2 Å². The van der Waals surface area contributed by atoms with Crippen LogP contribution in [0, 0.1) is 0 Å². The summed E-state index contributed by atoms with van der Waals surface area (Å²) in [7, 11) is 0. The molecular weight excluding hydrogens is 406 g/mol. The van der Waals surface area contributed by atoms with E-state index in [1.54, 1.807) is 31.3 Å². The summed E-state index contributed by atoms with van der Waals surface area (Å²) >= 11 is 0. The molecule has 3 rings (SSSR count). The number of rotatable bonds is 10. The molecule has 0 aliphatic heterocycles. The summed E-state index contributed by atoms with van der Waals surface area (Å²) in [5.41, 5.74) is 2.25.